The van der Waals surface area contributed by atoms with Crippen molar-refractivity contribution in [3.05, 3.63) is 103 Å². The number of aromatic amines is 1. The topological polar surface area (TPSA) is 47.4 Å². The molecule has 200 valence electrons. The Balaban J connectivity index is 1.23. The van der Waals surface area contributed by atoms with E-state index in [0.29, 0.717) is 0 Å². The summed E-state index contributed by atoms with van der Waals surface area (Å²) >= 11 is 0. The lowest BCUT2D eigenvalue weighted by Gasteiger charge is -2.32. The van der Waals surface area contributed by atoms with E-state index in [1.165, 1.54) is 10.8 Å². The maximum atomic E-state index is 6.69. The SMILES string of the molecule is CC1(C)OB(c2cccc(-c3cccc(-c4cccc5c4oc4c5ccc5c6ccccc6[nH]c54)c3)c2)OC1(C)C. The van der Waals surface area contributed by atoms with Gasteiger partial charge in [-0.3, -0.25) is 0 Å². The van der Waals surface area contributed by atoms with Gasteiger partial charge in [-0.1, -0.05) is 84.9 Å². The van der Waals surface area contributed by atoms with Gasteiger partial charge in [0.25, 0.3) is 0 Å². The zero-order valence-electron chi connectivity index (χ0n) is 23.6. The number of fused-ring (bicyclic) bond motifs is 7. The number of nitrogens with one attached hydrogen (secondary N) is 1. The number of hydrogen-bond acceptors (Lipinski definition) is 3. The number of hydrogen-bond donors (Lipinski definition) is 1. The van der Waals surface area contributed by atoms with Crippen LogP contribution in [0.25, 0.3) is 66.0 Å². The Morgan fingerprint density at radius 2 is 1.20 bits per heavy atom. The van der Waals surface area contributed by atoms with Crippen LogP contribution in [0.4, 0.5) is 0 Å². The molecule has 0 saturated carbocycles. The minimum Gasteiger partial charge on any atom is -0.453 e. The van der Waals surface area contributed by atoms with Crippen molar-refractivity contribution in [3.8, 4) is 22.3 Å². The van der Waals surface area contributed by atoms with Crippen LogP contribution in [0, 0.1) is 0 Å². The number of para-hydroxylation sites is 2. The van der Waals surface area contributed by atoms with Gasteiger partial charge in [0.05, 0.1) is 16.7 Å². The smallest absolute Gasteiger partial charge is 0.453 e. The fourth-order valence-electron chi connectivity index (χ4n) is 6.11. The molecule has 2 aromatic heterocycles. The minimum atomic E-state index is -0.395. The third-order valence-corrected chi connectivity index (χ3v) is 9.06. The van der Waals surface area contributed by atoms with Crippen LogP contribution in [0.1, 0.15) is 27.7 Å². The first-order chi connectivity index (χ1) is 19.8. The van der Waals surface area contributed by atoms with Crippen LogP contribution in [0.3, 0.4) is 0 Å². The summed E-state index contributed by atoms with van der Waals surface area (Å²) in [5.74, 6) is 0. The van der Waals surface area contributed by atoms with Crippen LogP contribution in [-0.2, 0) is 9.31 Å². The molecule has 1 aliphatic rings. The predicted molar refractivity (Wildman–Crippen MR) is 170 cm³/mol. The van der Waals surface area contributed by atoms with Crippen molar-refractivity contribution in [2.24, 2.45) is 0 Å². The van der Waals surface area contributed by atoms with E-state index in [2.05, 4.69) is 136 Å². The van der Waals surface area contributed by atoms with Gasteiger partial charge in [0, 0.05) is 32.6 Å². The molecule has 0 unspecified atom stereocenters. The fourth-order valence-corrected chi connectivity index (χ4v) is 6.11. The van der Waals surface area contributed by atoms with Gasteiger partial charge in [0.1, 0.15) is 5.58 Å². The first-order valence-corrected chi connectivity index (χ1v) is 14.2. The average Bonchev–Trinajstić information content (AvgIpc) is 3.61. The highest BCUT2D eigenvalue weighted by molar-refractivity contribution is 6.62. The molecule has 5 heteroatoms. The van der Waals surface area contributed by atoms with E-state index in [4.69, 9.17) is 13.7 Å². The molecule has 41 heavy (non-hydrogen) atoms. The first kappa shape index (κ1) is 24.5. The van der Waals surface area contributed by atoms with Crippen LogP contribution >= 0.6 is 0 Å². The van der Waals surface area contributed by atoms with Crippen LogP contribution in [0.5, 0.6) is 0 Å². The van der Waals surface area contributed by atoms with E-state index in [9.17, 15) is 0 Å². The van der Waals surface area contributed by atoms with Gasteiger partial charge in [-0.15, -0.1) is 0 Å². The van der Waals surface area contributed by atoms with E-state index in [1.807, 2.05) is 0 Å². The second-order valence-corrected chi connectivity index (χ2v) is 12.1. The van der Waals surface area contributed by atoms with Crippen LogP contribution in [0.15, 0.2) is 108 Å². The number of furan rings is 1. The van der Waals surface area contributed by atoms with Crippen LogP contribution < -0.4 is 5.46 Å². The molecule has 0 bridgehead atoms. The summed E-state index contributed by atoms with van der Waals surface area (Å²) in [6.45, 7) is 8.34. The van der Waals surface area contributed by atoms with Crippen molar-refractivity contribution in [1.82, 2.24) is 4.98 Å². The zero-order chi connectivity index (χ0) is 27.9. The maximum Gasteiger partial charge on any atom is 0.494 e. The molecule has 7 aromatic rings. The Kier molecular flexibility index (Phi) is 5.13. The molecule has 0 radical (unpaired) electrons. The van der Waals surface area contributed by atoms with Crippen LogP contribution in [-0.4, -0.2) is 23.3 Å². The Morgan fingerprint density at radius 1 is 0.561 bits per heavy atom. The van der Waals surface area contributed by atoms with Gasteiger partial charge in [-0.25, -0.2) is 0 Å². The third kappa shape index (κ3) is 3.69. The Bertz CT molecular complexity index is 2120. The van der Waals surface area contributed by atoms with Gasteiger partial charge in [0.15, 0.2) is 5.58 Å². The fraction of sp³-hybridized carbons (Fsp3) is 0.167. The highest BCUT2D eigenvalue weighted by Gasteiger charge is 2.51. The summed E-state index contributed by atoms with van der Waals surface area (Å²) in [5.41, 5.74) is 8.66. The van der Waals surface area contributed by atoms with Crippen molar-refractivity contribution in [3.63, 3.8) is 0 Å². The Morgan fingerprint density at radius 3 is 2.02 bits per heavy atom. The molecule has 8 rings (SSSR count). The summed E-state index contributed by atoms with van der Waals surface area (Å²) in [7, 11) is -0.395. The lowest BCUT2D eigenvalue weighted by atomic mass is 9.78. The van der Waals surface area contributed by atoms with Gasteiger partial charge in [-0.2, -0.15) is 0 Å². The summed E-state index contributed by atoms with van der Waals surface area (Å²) in [5, 5.41) is 4.62. The quantitative estimate of drug-likeness (QED) is 0.230. The average molecular weight is 535 g/mol. The molecule has 0 aliphatic carbocycles. The normalized spacial score (nSPS) is 16.4. The minimum absolute atomic E-state index is 0.378. The zero-order valence-corrected chi connectivity index (χ0v) is 23.6. The number of aromatic nitrogens is 1. The Hall–Kier alpha value is -4.32. The molecule has 0 spiro atoms. The highest BCUT2D eigenvalue weighted by Crippen LogP contribution is 2.41. The molecule has 0 atom stereocenters. The first-order valence-electron chi connectivity index (χ1n) is 14.2. The standard InChI is InChI=1S/C36H30BNO3/c1-35(2)36(3,4)41-37(40-35)25-13-8-11-23(21-25)22-10-7-12-24(20-22)26-15-9-16-29-30-19-18-28-27-14-5-6-17-31(27)38-32(28)34(30)39-33(26)29/h5-21,38H,1-4H3. The lowest BCUT2D eigenvalue weighted by molar-refractivity contribution is 0.00578. The summed E-state index contributed by atoms with van der Waals surface area (Å²) in [6, 6.07) is 36.3. The molecule has 1 N–H and O–H groups in total. The van der Waals surface area contributed by atoms with Crippen LogP contribution in [0.2, 0.25) is 0 Å². The Labute approximate surface area is 239 Å². The second-order valence-electron chi connectivity index (χ2n) is 12.1. The van der Waals surface area contributed by atoms with Crippen molar-refractivity contribution < 1.29 is 13.7 Å². The second kappa shape index (κ2) is 8.59. The molecule has 4 nitrogen and oxygen atoms in total. The lowest BCUT2D eigenvalue weighted by Crippen LogP contribution is -2.41. The number of rotatable bonds is 3. The molecule has 5 aromatic carbocycles. The summed E-state index contributed by atoms with van der Waals surface area (Å²) in [6.07, 6.45) is 0. The van der Waals surface area contributed by atoms with Crippen molar-refractivity contribution >= 4 is 56.3 Å². The molecule has 0 amide bonds. The number of benzene rings is 5. The van der Waals surface area contributed by atoms with Gasteiger partial charge in [0.2, 0.25) is 0 Å². The van der Waals surface area contributed by atoms with E-state index in [-0.39, 0.29) is 11.2 Å². The van der Waals surface area contributed by atoms with E-state index in [1.54, 1.807) is 0 Å². The molecule has 1 aliphatic heterocycles. The summed E-state index contributed by atoms with van der Waals surface area (Å²) < 4.78 is 19.3. The van der Waals surface area contributed by atoms with Gasteiger partial charge < -0.3 is 18.7 Å². The van der Waals surface area contributed by atoms with Gasteiger partial charge in [-0.05, 0) is 68.0 Å². The molecule has 1 fully saturated rings. The van der Waals surface area contributed by atoms with Crippen molar-refractivity contribution in [2.75, 3.05) is 0 Å². The summed E-state index contributed by atoms with van der Waals surface area (Å²) in [4.78, 5) is 3.60. The predicted octanol–water partition coefficient (Wildman–Crippen LogP) is 8.85. The van der Waals surface area contributed by atoms with Crippen molar-refractivity contribution in [1.29, 1.82) is 0 Å². The largest absolute Gasteiger partial charge is 0.494 e. The maximum absolute atomic E-state index is 6.69. The molecular formula is C36H30BNO3. The molecule has 3 heterocycles. The van der Waals surface area contributed by atoms with E-state index >= 15 is 0 Å². The molecular weight excluding hydrogens is 505 g/mol. The molecule has 1 saturated heterocycles. The van der Waals surface area contributed by atoms with E-state index in [0.717, 1.165) is 60.7 Å². The monoisotopic (exact) mass is 535 g/mol. The van der Waals surface area contributed by atoms with Crippen molar-refractivity contribution in [2.45, 2.75) is 38.9 Å². The van der Waals surface area contributed by atoms with E-state index < -0.39 is 7.12 Å². The third-order valence-electron chi connectivity index (χ3n) is 9.06. The van der Waals surface area contributed by atoms with Gasteiger partial charge >= 0.3 is 7.12 Å². The highest BCUT2D eigenvalue weighted by atomic mass is 16.7. The number of H-pyrrole nitrogens is 1.